The first-order valence-corrected chi connectivity index (χ1v) is 10.6. The number of Topliss-reactive ketones (excluding diaryl/α,β-unsaturated/α-hetero) is 1. The molecule has 3 atom stereocenters. The van der Waals surface area contributed by atoms with Gasteiger partial charge in [-0.25, -0.2) is 9.78 Å². The lowest BCUT2D eigenvalue weighted by molar-refractivity contribution is -0.122. The highest BCUT2D eigenvalue weighted by atomic mass is 16.6. The van der Waals surface area contributed by atoms with Crippen molar-refractivity contribution in [3.05, 3.63) is 17.7 Å². The zero-order valence-electron chi connectivity index (χ0n) is 17.8. The first kappa shape index (κ1) is 19.5. The quantitative estimate of drug-likeness (QED) is 0.792. The van der Waals surface area contributed by atoms with Crippen LogP contribution in [0, 0.1) is 17.8 Å². The summed E-state index contributed by atoms with van der Waals surface area (Å²) in [5.74, 6) is 2.11. The van der Waals surface area contributed by atoms with Gasteiger partial charge in [0.05, 0.1) is 0 Å². The second-order valence-corrected chi connectivity index (χ2v) is 10.4. The second-order valence-electron chi connectivity index (χ2n) is 10.4. The Morgan fingerprint density at radius 3 is 2.46 bits per heavy atom. The molecule has 1 amide bonds. The summed E-state index contributed by atoms with van der Waals surface area (Å²) in [5.41, 5.74) is 0.569. The number of ether oxygens (including phenoxy) is 1. The zero-order valence-corrected chi connectivity index (χ0v) is 17.8. The monoisotopic (exact) mass is 387 g/mol. The summed E-state index contributed by atoms with van der Waals surface area (Å²) in [7, 11) is 0. The number of imidazole rings is 1. The highest BCUT2D eigenvalue weighted by Gasteiger charge is 2.60. The summed E-state index contributed by atoms with van der Waals surface area (Å²) in [5, 5.41) is 0. The lowest BCUT2D eigenvalue weighted by Crippen LogP contribution is -2.38. The molecule has 1 unspecified atom stereocenters. The number of hydrogen-bond donors (Lipinski definition) is 0. The third-order valence-corrected chi connectivity index (χ3v) is 6.44. The molecule has 1 aromatic rings. The van der Waals surface area contributed by atoms with Crippen LogP contribution in [0.15, 0.2) is 6.20 Å². The largest absolute Gasteiger partial charge is 0.444 e. The topological polar surface area (TPSA) is 64.4 Å². The van der Waals surface area contributed by atoms with Crippen molar-refractivity contribution in [2.75, 3.05) is 13.1 Å². The molecule has 6 heteroatoms. The number of carbonyl (C=O) groups is 2. The van der Waals surface area contributed by atoms with Gasteiger partial charge in [-0.3, -0.25) is 4.79 Å². The highest BCUT2D eigenvalue weighted by Crippen LogP contribution is 2.53. The Kier molecular flexibility index (Phi) is 4.59. The van der Waals surface area contributed by atoms with Crippen LogP contribution in [0.25, 0.3) is 0 Å². The summed E-state index contributed by atoms with van der Waals surface area (Å²) < 4.78 is 7.79. The summed E-state index contributed by atoms with van der Waals surface area (Å²) in [6.45, 7) is 12.2. The minimum absolute atomic E-state index is 0.105. The van der Waals surface area contributed by atoms with Gasteiger partial charge in [0.1, 0.15) is 17.2 Å². The Balaban J connectivity index is 1.35. The fourth-order valence-electron chi connectivity index (χ4n) is 5.09. The number of aryl methyl sites for hydroxylation is 1. The molecule has 0 spiro atoms. The van der Waals surface area contributed by atoms with Crippen molar-refractivity contribution in [3.8, 4) is 0 Å². The highest BCUT2D eigenvalue weighted by molar-refractivity contribution is 5.86. The van der Waals surface area contributed by atoms with Gasteiger partial charge in [0.25, 0.3) is 0 Å². The van der Waals surface area contributed by atoms with Crippen LogP contribution in [0.5, 0.6) is 0 Å². The molecule has 0 aromatic carbocycles. The van der Waals surface area contributed by atoms with Crippen molar-refractivity contribution in [1.82, 2.24) is 14.5 Å². The number of amides is 1. The molecule has 1 saturated heterocycles. The van der Waals surface area contributed by atoms with Crippen molar-refractivity contribution >= 4 is 11.9 Å². The van der Waals surface area contributed by atoms with E-state index in [2.05, 4.69) is 23.4 Å². The summed E-state index contributed by atoms with van der Waals surface area (Å²) in [6.07, 6.45) is 5.76. The summed E-state index contributed by atoms with van der Waals surface area (Å²) >= 11 is 0. The standard InChI is InChI=1S/C22H33N3O3/c1-21(2,3)28-20(27)24-12-15-16(13-24)18(15)17(26)10-22(4,5)19-23-11-14-8-6-7-9-25(14)19/h11,15-16,18H,6-10,12-13H2,1-5H3/t15-,16+,18?. The predicted octanol–water partition coefficient (Wildman–Crippen LogP) is 3.57. The predicted molar refractivity (Wildman–Crippen MR) is 106 cm³/mol. The Hall–Kier alpha value is -1.85. The van der Waals surface area contributed by atoms with Crippen LogP contribution >= 0.6 is 0 Å². The van der Waals surface area contributed by atoms with Gasteiger partial charge in [0.2, 0.25) is 0 Å². The Bertz CT molecular complexity index is 777. The number of nitrogens with zero attached hydrogens (tertiary/aromatic N) is 3. The molecule has 3 aliphatic rings. The number of piperidine rings is 1. The average molecular weight is 388 g/mol. The Morgan fingerprint density at radius 2 is 1.82 bits per heavy atom. The molecule has 0 bridgehead atoms. The molecular formula is C22H33N3O3. The number of likely N-dealkylation sites (tertiary alicyclic amines) is 1. The Labute approximate surface area is 167 Å². The van der Waals surface area contributed by atoms with Crippen LogP contribution in [0.2, 0.25) is 0 Å². The van der Waals surface area contributed by atoms with E-state index in [0.717, 1.165) is 18.8 Å². The molecule has 154 valence electrons. The van der Waals surface area contributed by atoms with Crippen LogP contribution in [-0.2, 0) is 27.9 Å². The van der Waals surface area contributed by atoms with Crippen molar-refractivity contribution in [2.45, 2.75) is 77.9 Å². The van der Waals surface area contributed by atoms with Gasteiger partial charge >= 0.3 is 6.09 Å². The molecule has 1 aromatic heterocycles. The van der Waals surface area contributed by atoms with E-state index in [1.807, 2.05) is 27.0 Å². The van der Waals surface area contributed by atoms with Gasteiger partial charge in [-0.05, 0) is 51.9 Å². The van der Waals surface area contributed by atoms with Crippen LogP contribution in [0.3, 0.4) is 0 Å². The summed E-state index contributed by atoms with van der Waals surface area (Å²) in [6, 6.07) is 0. The average Bonchev–Trinajstić information content (AvgIpc) is 2.96. The van der Waals surface area contributed by atoms with Gasteiger partial charge in [0.15, 0.2) is 0 Å². The minimum atomic E-state index is -0.480. The van der Waals surface area contributed by atoms with E-state index in [-0.39, 0.29) is 17.4 Å². The molecule has 3 heterocycles. The third kappa shape index (κ3) is 3.58. The number of ketones is 1. The van der Waals surface area contributed by atoms with Crippen LogP contribution in [0.1, 0.15) is 65.4 Å². The molecular weight excluding hydrogens is 354 g/mol. The van der Waals surface area contributed by atoms with E-state index in [4.69, 9.17) is 4.74 Å². The molecule has 6 nitrogen and oxygen atoms in total. The van der Waals surface area contributed by atoms with Crippen LogP contribution < -0.4 is 0 Å². The third-order valence-electron chi connectivity index (χ3n) is 6.44. The van der Waals surface area contributed by atoms with E-state index >= 15 is 0 Å². The smallest absolute Gasteiger partial charge is 0.410 e. The van der Waals surface area contributed by atoms with Gasteiger partial charge < -0.3 is 14.2 Å². The number of aromatic nitrogens is 2. The maximum Gasteiger partial charge on any atom is 0.410 e. The zero-order chi connectivity index (χ0) is 20.3. The Morgan fingerprint density at radius 1 is 1.14 bits per heavy atom. The molecule has 28 heavy (non-hydrogen) atoms. The second kappa shape index (κ2) is 6.60. The molecule has 1 saturated carbocycles. The molecule has 0 N–H and O–H groups in total. The van der Waals surface area contributed by atoms with Crippen LogP contribution in [0.4, 0.5) is 4.79 Å². The van der Waals surface area contributed by atoms with Crippen molar-refractivity contribution < 1.29 is 14.3 Å². The SMILES string of the molecule is CC(C)(C)OC(=O)N1C[C@@H]2C(C(=O)CC(C)(C)c3ncc4n3CCCC4)[C@@H]2C1. The maximum atomic E-state index is 13.0. The van der Waals surface area contributed by atoms with E-state index in [1.165, 1.54) is 18.5 Å². The molecule has 0 radical (unpaired) electrons. The fourth-order valence-corrected chi connectivity index (χ4v) is 5.09. The minimum Gasteiger partial charge on any atom is -0.444 e. The van der Waals surface area contributed by atoms with Gasteiger partial charge in [-0.15, -0.1) is 0 Å². The fraction of sp³-hybridized carbons (Fsp3) is 0.773. The lowest BCUT2D eigenvalue weighted by atomic mass is 9.84. The van der Waals surface area contributed by atoms with Crippen molar-refractivity contribution in [2.24, 2.45) is 17.8 Å². The number of carbonyl (C=O) groups excluding carboxylic acids is 2. The lowest BCUT2D eigenvalue weighted by Gasteiger charge is -2.28. The van der Waals surface area contributed by atoms with Crippen molar-refractivity contribution in [1.29, 1.82) is 0 Å². The van der Waals surface area contributed by atoms with Gasteiger partial charge in [0, 0.05) is 49.3 Å². The molecule has 2 fully saturated rings. The molecule has 2 aliphatic heterocycles. The first-order valence-electron chi connectivity index (χ1n) is 10.6. The van der Waals surface area contributed by atoms with E-state index in [1.54, 1.807) is 4.90 Å². The van der Waals surface area contributed by atoms with Gasteiger partial charge in [-0.2, -0.15) is 0 Å². The normalized spacial score (nSPS) is 26.6. The number of fused-ring (bicyclic) bond motifs is 2. The van der Waals surface area contributed by atoms with E-state index in [9.17, 15) is 9.59 Å². The van der Waals surface area contributed by atoms with Crippen molar-refractivity contribution in [3.63, 3.8) is 0 Å². The van der Waals surface area contributed by atoms with E-state index < -0.39 is 5.60 Å². The summed E-state index contributed by atoms with van der Waals surface area (Å²) in [4.78, 5) is 31.7. The molecule has 4 rings (SSSR count). The van der Waals surface area contributed by atoms with Gasteiger partial charge in [-0.1, -0.05) is 13.8 Å². The first-order chi connectivity index (χ1) is 13.1. The number of rotatable bonds is 4. The number of hydrogen-bond acceptors (Lipinski definition) is 4. The van der Waals surface area contributed by atoms with E-state index in [0.29, 0.717) is 37.1 Å². The van der Waals surface area contributed by atoms with Crippen LogP contribution in [-0.4, -0.2) is 45.0 Å². The molecule has 1 aliphatic carbocycles. The maximum absolute atomic E-state index is 13.0.